The van der Waals surface area contributed by atoms with Gasteiger partial charge in [0.25, 0.3) is 0 Å². The van der Waals surface area contributed by atoms with Crippen molar-refractivity contribution in [3.8, 4) is 0 Å². The summed E-state index contributed by atoms with van der Waals surface area (Å²) in [5, 5.41) is 21.7. The molecule has 1 aromatic heterocycles. The number of thioether (sulfide) groups is 1. The molecule has 9 nitrogen and oxygen atoms in total. The van der Waals surface area contributed by atoms with Crippen LogP contribution in [0.25, 0.3) is 0 Å². The van der Waals surface area contributed by atoms with Gasteiger partial charge in [-0.25, -0.2) is 9.97 Å². The normalized spacial score (nSPS) is 21.1. The molecule has 0 radical (unpaired) electrons. The van der Waals surface area contributed by atoms with E-state index in [9.17, 15) is 14.7 Å². The minimum atomic E-state index is -0.923. The van der Waals surface area contributed by atoms with Crippen molar-refractivity contribution in [3.63, 3.8) is 0 Å². The number of anilines is 1. The summed E-state index contributed by atoms with van der Waals surface area (Å²) in [7, 11) is 0. The van der Waals surface area contributed by atoms with E-state index in [1.54, 1.807) is 24.5 Å². The first-order chi connectivity index (χ1) is 18.4. The second-order valence-electron chi connectivity index (χ2n) is 9.09. The molecule has 0 saturated carbocycles. The predicted octanol–water partition coefficient (Wildman–Crippen LogP) is 4.75. The monoisotopic (exact) mass is 537 g/mol. The Morgan fingerprint density at radius 3 is 2.47 bits per heavy atom. The van der Waals surface area contributed by atoms with E-state index >= 15 is 0 Å². The van der Waals surface area contributed by atoms with Crippen molar-refractivity contribution < 1.29 is 29.3 Å². The quantitative estimate of drug-likeness (QED) is 0.234. The standard InChI is InChI=1S/C28H31N3O6S/c1-18-23(17-38-28-29-13-4-14-30-28)36-27(37-26(18)20-11-9-19(16-32)10-12-20)21-5-2-6-22(15-21)31-24(33)7-3-8-25(34)35/h2,4-6,9-15,18,23,26-27,32H,3,7-8,16-17H2,1H3,(H,31,33)(H,34,35). The highest BCUT2D eigenvalue weighted by Crippen LogP contribution is 2.43. The summed E-state index contributed by atoms with van der Waals surface area (Å²) in [6.45, 7) is 2.06. The maximum Gasteiger partial charge on any atom is 0.303 e. The number of amides is 1. The highest BCUT2D eigenvalue weighted by Gasteiger charge is 2.38. The Morgan fingerprint density at radius 2 is 1.76 bits per heavy atom. The van der Waals surface area contributed by atoms with Crippen LogP contribution in [0.1, 0.15) is 55.3 Å². The first-order valence-electron chi connectivity index (χ1n) is 12.4. The van der Waals surface area contributed by atoms with Gasteiger partial charge in [0.2, 0.25) is 5.91 Å². The van der Waals surface area contributed by atoms with E-state index in [0.717, 1.165) is 16.7 Å². The number of benzene rings is 2. The Labute approximate surface area is 225 Å². The van der Waals surface area contributed by atoms with Gasteiger partial charge in [0.15, 0.2) is 11.4 Å². The number of aliphatic hydroxyl groups excluding tert-OH is 1. The number of hydrogen-bond acceptors (Lipinski definition) is 8. The zero-order chi connectivity index (χ0) is 26.9. The van der Waals surface area contributed by atoms with Crippen molar-refractivity contribution in [2.45, 2.75) is 56.4 Å². The molecule has 0 aliphatic carbocycles. The number of nitrogens with zero attached hydrogens (tertiary/aromatic N) is 2. The van der Waals surface area contributed by atoms with Gasteiger partial charge < -0.3 is 25.0 Å². The lowest BCUT2D eigenvalue weighted by Crippen LogP contribution is -2.38. The van der Waals surface area contributed by atoms with Crippen molar-refractivity contribution in [3.05, 3.63) is 83.7 Å². The predicted molar refractivity (Wildman–Crippen MR) is 142 cm³/mol. The molecule has 0 spiro atoms. The van der Waals surface area contributed by atoms with E-state index in [0.29, 0.717) is 16.6 Å². The summed E-state index contributed by atoms with van der Waals surface area (Å²) in [5.74, 6) is -0.537. The van der Waals surface area contributed by atoms with Gasteiger partial charge in [-0.1, -0.05) is 55.1 Å². The van der Waals surface area contributed by atoms with Crippen LogP contribution in [-0.4, -0.2) is 43.9 Å². The third kappa shape index (κ3) is 7.61. The minimum absolute atomic E-state index is 0.0135. The molecule has 4 rings (SSSR count). The number of carboxylic acid groups (broad SMARTS) is 1. The molecule has 3 N–H and O–H groups in total. The SMILES string of the molecule is CC1C(CSc2ncccn2)OC(c2cccc(NC(=O)CCCC(=O)O)c2)OC1c1ccc(CO)cc1. The molecule has 2 aromatic carbocycles. The number of aliphatic carboxylic acids is 1. The topological polar surface area (TPSA) is 131 Å². The first-order valence-corrected chi connectivity index (χ1v) is 13.4. The molecule has 2 heterocycles. The van der Waals surface area contributed by atoms with Crippen LogP contribution in [0.2, 0.25) is 0 Å². The average molecular weight is 538 g/mol. The van der Waals surface area contributed by atoms with Crippen LogP contribution in [0.3, 0.4) is 0 Å². The van der Waals surface area contributed by atoms with Gasteiger partial charge in [-0.3, -0.25) is 9.59 Å². The van der Waals surface area contributed by atoms with Crippen LogP contribution < -0.4 is 5.32 Å². The smallest absolute Gasteiger partial charge is 0.303 e. The summed E-state index contributed by atoms with van der Waals surface area (Å²) in [5.41, 5.74) is 3.14. The summed E-state index contributed by atoms with van der Waals surface area (Å²) in [6.07, 6.45) is 2.63. The fourth-order valence-electron chi connectivity index (χ4n) is 4.21. The molecule has 1 saturated heterocycles. The van der Waals surface area contributed by atoms with E-state index in [1.807, 2.05) is 42.5 Å². The fourth-order valence-corrected chi connectivity index (χ4v) is 5.18. The molecule has 4 unspecified atom stereocenters. The van der Waals surface area contributed by atoms with E-state index < -0.39 is 12.3 Å². The van der Waals surface area contributed by atoms with Crippen molar-refractivity contribution in [2.75, 3.05) is 11.1 Å². The number of carbonyl (C=O) groups excluding carboxylic acids is 1. The number of ether oxygens (including phenoxy) is 2. The zero-order valence-corrected chi connectivity index (χ0v) is 21.8. The highest BCUT2D eigenvalue weighted by molar-refractivity contribution is 7.99. The molecule has 0 bridgehead atoms. The first kappa shape index (κ1) is 27.7. The van der Waals surface area contributed by atoms with Crippen LogP contribution in [0, 0.1) is 5.92 Å². The minimum Gasteiger partial charge on any atom is -0.481 e. The number of nitrogens with one attached hydrogen (secondary N) is 1. The van der Waals surface area contributed by atoms with Crippen LogP contribution in [0.15, 0.2) is 72.1 Å². The number of carboxylic acids is 1. The van der Waals surface area contributed by atoms with Crippen LogP contribution in [-0.2, 0) is 25.7 Å². The van der Waals surface area contributed by atoms with Crippen molar-refractivity contribution in [1.82, 2.24) is 9.97 Å². The van der Waals surface area contributed by atoms with Gasteiger partial charge >= 0.3 is 5.97 Å². The van der Waals surface area contributed by atoms with Gasteiger partial charge in [-0.05, 0) is 35.7 Å². The number of rotatable bonds is 11. The zero-order valence-electron chi connectivity index (χ0n) is 21.0. The van der Waals surface area contributed by atoms with Gasteiger partial charge in [0, 0.05) is 48.2 Å². The number of aromatic nitrogens is 2. The third-order valence-electron chi connectivity index (χ3n) is 6.28. The Bertz CT molecular complexity index is 1210. The van der Waals surface area contributed by atoms with Crippen LogP contribution >= 0.6 is 11.8 Å². The Kier molecular flexibility index (Phi) is 9.83. The summed E-state index contributed by atoms with van der Waals surface area (Å²) < 4.78 is 12.9. The largest absolute Gasteiger partial charge is 0.481 e. The molecular weight excluding hydrogens is 506 g/mol. The lowest BCUT2D eigenvalue weighted by Gasteiger charge is -2.41. The molecule has 1 fully saturated rings. The van der Waals surface area contributed by atoms with E-state index in [2.05, 4.69) is 22.2 Å². The maximum atomic E-state index is 12.3. The Hall–Kier alpha value is -3.31. The van der Waals surface area contributed by atoms with Crippen molar-refractivity contribution in [1.29, 1.82) is 0 Å². The Morgan fingerprint density at radius 1 is 1.00 bits per heavy atom. The second kappa shape index (κ2) is 13.5. The number of hydrogen-bond donors (Lipinski definition) is 3. The van der Waals surface area contributed by atoms with E-state index in [1.165, 1.54) is 11.8 Å². The number of carbonyl (C=O) groups is 2. The molecular formula is C28H31N3O6S. The average Bonchev–Trinajstić information content (AvgIpc) is 2.93. The fraction of sp³-hybridized carbons (Fsp3) is 0.357. The van der Waals surface area contributed by atoms with Crippen molar-refractivity contribution in [2.24, 2.45) is 5.92 Å². The third-order valence-corrected chi connectivity index (χ3v) is 7.24. The number of aliphatic hydroxyl groups is 1. The summed E-state index contributed by atoms with van der Waals surface area (Å²) in [4.78, 5) is 31.6. The summed E-state index contributed by atoms with van der Waals surface area (Å²) in [6, 6.07) is 16.8. The van der Waals surface area contributed by atoms with Crippen LogP contribution in [0.5, 0.6) is 0 Å². The molecule has 38 heavy (non-hydrogen) atoms. The molecule has 1 amide bonds. The lowest BCUT2D eigenvalue weighted by molar-refractivity contribution is -0.268. The summed E-state index contributed by atoms with van der Waals surface area (Å²) >= 11 is 1.52. The van der Waals surface area contributed by atoms with Crippen molar-refractivity contribution >= 4 is 29.3 Å². The molecule has 1 aliphatic heterocycles. The van der Waals surface area contributed by atoms with E-state index in [-0.39, 0.29) is 49.9 Å². The maximum absolute atomic E-state index is 12.3. The molecule has 200 valence electrons. The van der Waals surface area contributed by atoms with Gasteiger partial charge in [0.1, 0.15) is 0 Å². The molecule has 10 heteroatoms. The van der Waals surface area contributed by atoms with Gasteiger partial charge in [-0.15, -0.1) is 0 Å². The van der Waals surface area contributed by atoms with E-state index in [4.69, 9.17) is 14.6 Å². The second-order valence-corrected chi connectivity index (χ2v) is 10.1. The van der Waals surface area contributed by atoms with Gasteiger partial charge in [0.05, 0.1) is 18.8 Å². The highest BCUT2D eigenvalue weighted by atomic mass is 32.2. The van der Waals surface area contributed by atoms with Crippen LogP contribution in [0.4, 0.5) is 5.69 Å². The molecule has 1 aliphatic rings. The lowest BCUT2D eigenvalue weighted by atomic mass is 9.91. The van der Waals surface area contributed by atoms with Gasteiger partial charge in [-0.2, -0.15) is 0 Å². The Balaban J connectivity index is 1.52. The molecule has 4 atom stereocenters. The molecule has 3 aromatic rings.